The number of ether oxygens (including phenoxy) is 1. The van der Waals surface area contributed by atoms with E-state index in [9.17, 15) is 9.18 Å². The van der Waals surface area contributed by atoms with Gasteiger partial charge in [-0.3, -0.25) is 4.79 Å². The van der Waals surface area contributed by atoms with Crippen LogP contribution in [0.3, 0.4) is 0 Å². The van der Waals surface area contributed by atoms with Crippen LogP contribution in [0.4, 0.5) is 10.1 Å². The molecule has 2 N–H and O–H groups in total. The molecule has 1 aliphatic rings. The van der Waals surface area contributed by atoms with Crippen LogP contribution in [0.25, 0.3) is 0 Å². The molecule has 5 heteroatoms. The Hall–Kier alpha value is -2.40. The summed E-state index contributed by atoms with van der Waals surface area (Å²) in [6.45, 7) is 0. The Bertz CT molecular complexity index is 672. The highest BCUT2D eigenvalue weighted by molar-refractivity contribution is 6.05. The van der Waals surface area contributed by atoms with Crippen LogP contribution >= 0.6 is 0 Å². The molecule has 108 valence electrons. The van der Waals surface area contributed by atoms with Crippen molar-refractivity contribution in [1.82, 2.24) is 0 Å². The van der Waals surface area contributed by atoms with Gasteiger partial charge >= 0.3 is 0 Å². The fraction of sp³-hybridized carbons (Fsp3) is 0.188. The summed E-state index contributed by atoms with van der Waals surface area (Å²) in [5.41, 5.74) is 7.47. The number of β-lactam (4-membered cyclic amide) rings is 1. The first-order chi connectivity index (χ1) is 10.1. The number of hydrogen-bond donors (Lipinski definition) is 1. The average Bonchev–Trinajstić information content (AvgIpc) is 2.52. The molecule has 2 unspecified atom stereocenters. The number of carbonyl (C=O) groups is 1. The number of methoxy groups -OCH3 is 1. The van der Waals surface area contributed by atoms with Crippen molar-refractivity contribution < 1.29 is 13.9 Å². The number of nitrogens with two attached hydrogens (primary N) is 1. The van der Waals surface area contributed by atoms with Crippen LogP contribution in [-0.4, -0.2) is 19.1 Å². The van der Waals surface area contributed by atoms with Crippen molar-refractivity contribution in [3.05, 3.63) is 59.9 Å². The summed E-state index contributed by atoms with van der Waals surface area (Å²) in [5.74, 6) is 0.196. The van der Waals surface area contributed by atoms with E-state index < -0.39 is 6.04 Å². The first-order valence-electron chi connectivity index (χ1n) is 6.60. The van der Waals surface area contributed by atoms with Crippen molar-refractivity contribution >= 4 is 11.6 Å². The third-order valence-electron chi connectivity index (χ3n) is 3.68. The molecule has 0 saturated carbocycles. The first kappa shape index (κ1) is 13.6. The Morgan fingerprint density at radius 2 is 1.90 bits per heavy atom. The molecule has 0 bridgehead atoms. The Balaban J connectivity index is 1.96. The molecule has 0 radical (unpaired) electrons. The van der Waals surface area contributed by atoms with Crippen molar-refractivity contribution in [2.45, 2.75) is 12.1 Å². The van der Waals surface area contributed by atoms with Crippen molar-refractivity contribution in [1.29, 1.82) is 0 Å². The molecule has 1 saturated heterocycles. The number of amides is 1. The highest BCUT2D eigenvalue weighted by Gasteiger charge is 2.46. The number of nitrogens with zero attached hydrogens (tertiary/aromatic N) is 1. The molecule has 1 aliphatic heterocycles. The zero-order valence-corrected chi connectivity index (χ0v) is 11.5. The van der Waals surface area contributed by atoms with Crippen LogP contribution in [0, 0.1) is 5.82 Å². The smallest absolute Gasteiger partial charge is 0.247 e. The monoisotopic (exact) mass is 286 g/mol. The van der Waals surface area contributed by atoms with Crippen LogP contribution in [0.5, 0.6) is 5.75 Å². The van der Waals surface area contributed by atoms with Gasteiger partial charge in [-0.25, -0.2) is 4.39 Å². The van der Waals surface area contributed by atoms with Crippen molar-refractivity contribution in [2.24, 2.45) is 5.73 Å². The Morgan fingerprint density at radius 1 is 1.19 bits per heavy atom. The van der Waals surface area contributed by atoms with E-state index in [0.29, 0.717) is 11.4 Å². The molecular weight excluding hydrogens is 271 g/mol. The summed E-state index contributed by atoms with van der Waals surface area (Å²) < 4.78 is 18.2. The highest BCUT2D eigenvalue weighted by Crippen LogP contribution is 2.38. The molecule has 1 fully saturated rings. The molecule has 0 aromatic heterocycles. The van der Waals surface area contributed by atoms with Gasteiger partial charge < -0.3 is 15.4 Å². The van der Waals surface area contributed by atoms with Crippen molar-refractivity contribution in [3.8, 4) is 5.75 Å². The Labute approximate surface area is 121 Å². The minimum absolute atomic E-state index is 0.172. The lowest BCUT2D eigenvalue weighted by Gasteiger charge is -2.45. The van der Waals surface area contributed by atoms with Gasteiger partial charge in [0.15, 0.2) is 0 Å². The molecule has 21 heavy (non-hydrogen) atoms. The summed E-state index contributed by atoms with van der Waals surface area (Å²) in [5, 5.41) is 0. The van der Waals surface area contributed by atoms with Gasteiger partial charge in [-0.2, -0.15) is 0 Å². The van der Waals surface area contributed by atoms with Gasteiger partial charge in [0.1, 0.15) is 17.6 Å². The van der Waals surface area contributed by atoms with Crippen molar-refractivity contribution in [3.63, 3.8) is 0 Å². The van der Waals surface area contributed by atoms with Gasteiger partial charge in [0.25, 0.3) is 0 Å². The molecular formula is C16H15FN2O2. The van der Waals surface area contributed by atoms with Gasteiger partial charge in [0, 0.05) is 5.69 Å². The fourth-order valence-electron chi connectivity index (χ4n) is 2.58. The molecule has 0 aliphatic carbocycles. The van der Waals surface area contributed by atoms with Crippen molar-refractivity contribution in [2.75, 3.05) is 12.0 Å². The van der Waals surface area contributed by atoms with Gasteiger partial charge in [0.2, 0.25) is 5.91 Å². The van der Waals surface area contributed by atoms with Gasteiger partial charge in [-0.1, -0.05) is 12.1 Å². The van der Waals surface area contributed by atoms with Gasteiger partial charge in [0.05, 0.1) is 13.2 Å². The third-order valence-corrected chi connectivity index (χ3v) is 3.68. The minimum Gasteiger partial charge on any atom is -0.497 e. The number of rotatable bonds is 3. The second kappa shape index (κ2) is 5.18. The lowest BCUT2D eigenvalue weighted by Crippen LogP contribution is -2.63. The topological polar surface area (TPSA) is 55.6 Å². The Morgan fingerprint density at radius 3 is 2.57 bits per heavy atom. The number of carbonyl (C=O) groups excluding carboxylic acids is 1. The van der Waals surface area contributed by atoms with E-state index >= 15 is 0 Å². The summed E-state index contributed by atoms with van der Waals surface area (Å²) in [6.07, 6.45) is 0. The average molecular weight is 286 g/mol. The maximum Gasteiger partial charge on any atom is 0.247 e. The fourth-order valence-corrected chi connectivity index (χ4v) is 2.58. The third kappa shape index (κ3) is 2.25. The highest BCUT2D eigenvalue weighted by atomic mass is 19.1. The summed E-state index contributed by atoms with van der Waals surface area (Å²) in [6, 6.07) is 12.4. The van der Waals surface area contributed by atoms with E-state index in [1.807, 2.05) is 24.3 Å². The van der Waals surface area contributed by atoms with E-state index in [-0.39, 0.29) is 17.8 Å². The van der Waals surface area contributed by atoms with Crippen LogP contribution in [0.1, 0.15) is 11.6 Å². The second-order valence-corrected chi connectivity index (χ2v) is 4.93. The molecule has 4 nitrogen and oxygen atoms in total. The maximum atomic E-state index is 13.0. The second-order valence-electron chi connectivity index (χ2n) is 4.93. The molecule has 0 spiro atoms. The SMILES string of the molecule is COc1cccc(C2C(N)C(=O)N2c2ccc(F)cc2)c1. The van der Waals surface area contributed by atoms with Crippen LogP contribution in [0.15, 0.2) is 48.5 Å². The standard InChI is InChI=1S/C16H15FN2O2/c1-21-13-4-2-3-10(9-13)15-14(18)16(20)19(15)12-7-5-11(17)6-8-12/h2-9,14-15H,18H2,1H3. The number of anilines is 1. The summed E-state index contributed by atoms with van der Waals surface area (Å²) >= 11 is 0. The molecule has 1 heterocycles. The number of benzene rings is 2. The molecule has 2 aromatic carbocycles. The van der Waals surface area contributed by atoms with E-state index in [2.05, 4.69) is 0 Å². The minimum atomic E-state index is -0.595. The summed E-state index contributed by atoms with van der Waals surface area (Å²) in [7, 11) is 1.59. The number of halogens is 1. The Kier molecular flexibility index (Phi) is 3.35. The van der Waals surface area contributed by atoms with E-state index in [4.69, 9.17) is 10.5 Å². The molecule has 1 amide bonds. The van der Waals surface area contributed by atoms with Crippen LogP contribution in [0.2, 0.25) is 0 Å². The number of hydrogen-bond acceptors (Lipinski definition) is 3. The predicted molar refractivity (Wildman–Crippen MR) is 77.6 cm³/mol. The molecule has 3 rings (SSSR count). The van der Waals surface area contributed by atoms with Crippen LogP contribution in [-0.2, 0) is 4.79 Å². The van der Waals surface area contributed by atoms with Gasteiger partial charge in [-0.05, 0) is 42.0 Å². The van der Waals surface area contributed by atoms with E-state index in [1.165, 1.54) is 12.1 Å². The molecule has 2 atom stereocenters. The molecule has 2 aromatic rings. The lowest BCUT2D eigenvalue weighted by molar-refractivity contribution is -0.126. The maximum absolute atomic E-state index is 13.0. The van der Waals surface area contributed by atoms with Gasteiger partial charge in [-0.15, -0.1) is 0 Å². The lowest BCUT2D eigenvalue weighted by atomic mass is 9.88. The van der Waals surface area contributed by atoms with Crippen LogP contribution < -0.4 is 15.4 Å². The zero-order valence-electron chi connectivity index (χ0n) is 11.5. The normalized spacial score (nSPS) is 21.1. The quantitative estimate of drug-likeness (QED) is 0.880. The first-order valence-corrected chi connectivity index (χ1v) is 6.60. The summed E-state index contributed by atoms with van der Waals surface area (Å²) in [4.78, 5) is 13.6. The largest absolute Gasteiger partial charge is 0.497 e. The predicted octanol–water partition coefficient (Wildman–Crippen LogP) is 2.25. The van der Waals surface area contributed by atoms with E-state index in [1.54, 1.807) is 24.1 Å². The zero-order chi connectivity index (χ0) is 15.0. The van der Waals surface area contributed by atoms with E-state index in [0.717, 1.165) is 5.56 Å².